The van der Waals surface area contributed by atoms with E-state index < -0.39 is 0 Å². The first-order valence-electron chi connectivity index (χ1n) is 5.99. The number of aromatic nitrogens is 3. The van der Waals surface area contributed by atoms with Gasteiger partial charge in [0.2, 0.25) is 17.2 Å². The SMILES string of the molecule is Cc1cc(Br)cc(C)c1Nc1nc(Cl)nc(N(C)C)n1. The van der Waals surface area contributed by atoms with Crippen LogP contribution in [0.5, 0.6) is 0 Å². The number of benzene rings is 1. The van der Waals surface area contributed by atoms with E-state index in [0.717, 1.165) is 21.3 Å². The third kappa shape index (κ3) is 3.37. The highest BCUT2D eigenvalue weighted by Crippen LogP contribution is 2.27. The van der Waals surface area contributed by atoms with E-state index in [0.29, 0.717) is 11.9 Å². The molecule has 0 spiro atoms. The summed E-state index contributed by atoms with van der Waals surface area (Å²) in [5.74, 6) is 0.946. The van der Waals surface area contributed by atoms with Crippen LogP contribution in [-0.4, -0.2) is 29.0 Å². The molecule has 0 atom stereocenters. The predicted molar refractivity (Wildman–Crippen MR) is 86.1 cm³/mol. The number of anilines is 3. The monoisotopic (exact) mass is 355 g/mol. The van der Waals surface area contributed by atoms with Gasteiger partial charge in [0.1, 0.15) is 0 Å². The van der Waals surface area contributed by atoms with Gasteiger partial charge in [-0.2, -0.15) is 15.0 Å². The van der Waals surface area contributed by atoms with Crippen LogP contribution in [0.1, 0.15) is 11.1 Å². The molecule has 2 aromatic rings. The highest BCUT2D eigenvalue weighted by molar-refractivity contribution is 9.10. The van der Waals surface area contributed by atoms with Gasteiger partial charge >= 0.3 is 0 Å². The van der Waals surface area contributed by atoms with Crippen LogP contribution in [0.15, 0.2) is 16.6 Å². The van der Waals surface area contributed by atoms with Gasteiger partial charge in [-0.15, -0.1) is 0 Å². The van der Waals surface area contributed by atoms with Gasteiger partial charge < -0.3 is 10.2 Å². The van der Waals surface area contributed by atoms with Crippen LogP contribution < -0.4 is 10.2 Å². The zero-order valence-corrected chi connectivity index (χ0v) is 14.0. The lowest BCUT2D eigenvalue weighted by atomic mass is 10.1. The van der Waals surface area contributed by atoms with E-state index in [2.05, 4.69) is 36.2 Å². The molecule has 0 radical (unpaired) electrons. The maximum atomic E-state index is 5.93. The Labute approximate surface area is 131 Å². The van der Waals surface area contributed by atoms with E-state index in [-0.39, 0.29) is 5.28 Å². The van der Waals surface area contributed by atoms with Crippen LogP contribution in [0.3, 0.4) is 0 Å². The lowest BCUT2D eigenvalue weighted by molar-refractivity contribution is 0.960. The first kappa shape index (κ1) is 15.0. The molecule has 0 aliphatic heterocycles. The van der Waals surface area contributed by atoms with Gasteiger partial charge in [0.05, 0.1) is 0 Å². The summed E-state index contributed by atoms with van der Waals surface area (Å²) in [7, 11) is 3.71. The highest BCUT2D eigenvalue weighted by Gasteiger charge is 2.10. The second-order valence-corrected chi connectivity index (χ2v) is 5.92. The van der Waals surface area contributed by atoms with Crippen LogP contribution in [-0.2, 0) is 0 Å². The number of hydrogen-bond acceptors (Lipinski definition) is 5. The molecule has 1 aromatic carbocycles. The largest absolute Gasteiger partial charge is 0.347 e. The molecule has 0 saturated heterocycles. The van der Waals surface area contributed by atoms with Crippen molar-refractivity contribution in [2.24, 2.45) is 0 Å². The molecule has 0 amide bonds. The standard InChI is InChI=1S/C13H15BrClN5/c1-7-5-9(14)6-8(2)10(7)16-12-17-11(15)18-13(19-12)20(3)4/h5-6H,1-4H3,(H,16,17,18,19). The molecular formula is C13H15BrClN5. The third-order valence-corrected chi connectivity index (χ3v) is 3.36. The average Bonchev–Trinajstić information content (AvgIpc) is 2.33. The Balaban J connectivity index is 2.40. The van der Waals surface area contributed by atoms with Crippen molar-refractivity contribution in [2.45, 2.75) is 13.8 Å². The smallest absolute Gasteiger partial charge is 0.233 e. The Bertz CT molecular complexity index is 622. The van der Waals surface area contributed by atoms with E-state index in [1.165, 1.54) is 0 Å². The third-order valence-electron chi connectivity index (χ3n) is 2.73. The van der Waals surface area contributed by atoms with Gasteiger partial charge in [0.25, 0.3) is 0 Å². The average molecular weight is 357 g/mol. The molecule has 0 aliphatic carbocycles. The summed E-state index contributed by atoms with van der Waals surface area (Å²) in [4.78, 5) is 14.3. The lowest BCUT2D eigenvalue weighted by Gasteiger charge is -2.14. The van der Waals surface area contributed by atoms with Crippen LogP contribution in [0.2, 0.25) is 5.28 Å². The van der Waals surface area contributed by atoms with Crippen molar-refractivity contribution in [1.82, 2.24) is 15.0 Å². The zero-order chi connectivity index (χ0) is 14.9. The molecule has 1 aromatic heterocycles. The fraction of sp³-hybridized carbons (Fsp3) is 0.308. The summed E-state index contributed by atoms with van der Waals surface area (Å²) in [5.41, 5.74) is 3.17. The maximum Gasteiger partial charge on any atom is 0.233 e. The molecule has 5 nitrogen and oxygen atoms in total. The molecule has 2 rings (SSSR count). The summed E-state index contributed by atoms with van der Waals surface area (Å²) >= 11 is 9.41. The van der Waals surface area contributed by atoms with Crippen LogP contribution in [0, 0.1) is 13.8 Å². The van der Waals surface area contributed by atoms with E-state index in [1.54, 1.807) is 4.90 Å². The van der Waals surface area contributed by atoms with E-state index >= 15 is 0 Å². The molecule has 0 fully saturated rings. The topological polar surface area (TPSA) is 53.9 Å². The molecule has 106 valence electrons. The fourth-order valence-electron chi connectivity index (χ4n) is 1.82. The summed E-state index contributed by atoms with van der Waals surface area (Å²) < 4.78 is 1.04. The predicted octanol–water partition coefficient (Wildman–Crippen LogP) is 3.71. The van der Waals surface area contributed by atoms with Crippen molar-refractivity contribution >= 4 is 45.1 Å². The molecule has 0 unspecified atom stereocenters. The molecule has 1 N–H and O–H groups in total. The van der Waals surface area contributed by atoms with Crippen molar-refractivity contribution in [3.05, 3.63) is 33.0 Å². The fourth-order valence-corrected chi connectivity index (χ4v) is 2.66. The van der Waals surface area contributed by atoms with E-state index in [1.807, 2.05) is 40.1 Å². The molecule has 0 saturated carbocycles. The van der Waals surface area contributed by atoms with Gasteiger partial charge in [0, 0.05) is 24.3 Å². The van der Waals surface area contributed by atoms with Gasteiger partial charge in [-0.05, 0) is 48.7 Å². The van der Waals surface area contributed by atoms with E-state index in [9.17, 15) is 0 Å². The summed E-state index contributed by atoms with van der Waals surface area (Å²) in [6.45, 7) is 4.05. The zero-order valence-electron chi connectivity index (χ0n) is 11.7. The molecular weight excluding hydrogens is 342 g/mol. The van der Waals surface area contributed by atoms with Crippen molar-refractivity contribution in [1.29, 1.82) is 0 Å². The summed E-state index contributed by atoms with van der Waals surface area (Å²) in [6.07, 6.45) is 0. The lowest BCUT2D eigenvalue weighted by Crippen LogP contribution is -2.14. The quantitative estimate of drug-likeness (QED) is 0.908. The van der Waals surface area contributed by atoms with E-state index in [4.69, 9.17) is 11.6 Å². The Hall–Kier alpha value is -1.40. The number of nitrogens with zero attached hydrogens (tertiary/aromatic N) is 4. The first-order valence-corrected chi connectivity index (χ1v) is 7.16. The summed E-state index contributed by atoms with van der Waals surface area (Å²) in [5, 5.41) is 3.38. The van der Waals surface area contributed by atoms with Gasteiger partial charge in [0.15, 0.2) is 0 Å². The van der Waals surface area contributed by atoms with Crippen LogP contribution in [0.25, 0.3) is 0 Å². The van der Waals surface area contributed by atoms with Gasteiger partial charge in [-0.1, -0.05) is 15.9 Å². The first-order chi connectivity index (χ1) is 9.36. The number of hydrogen-bond donors (Lipinski definition) is 1. The molecule has 0 bridgehead atoms. The molecule has 0 aliphatic rings. The highest BCUT2D eigenvalue weighted by atomic mass is 79.9. The number of rotatable bonds is 3. The Morgan fingerprint density at radius 1 is 1.10 bits per heavy atom. The van der Waals surface area contributed by atoms with Crippen LogP contribution >= 0.6 is 27.5 Å². The second-order valence-electron chi connectivity index (χ2n) is 4.66. The minimum Gasteiger partial charge on any atom is -0.347 e. The number of halogens is 2. The summed E-state index contributed by atoms with van der Waals surface area (Å²) in [6, 6.07) is 4.07. The minimum atomic E-state index is 0.165. The van der Waals surface area contributed by atoms with Crippen molar-refractivity contribution < 1.29 is 0 Å². The van der Waals surface area contributed by atoms with Crippen molar-refractivity contribution in [3.63, 3.8) is 0 Å². The minimum absolute atomic E-state index is 0.165. The number of nitrogens with one attached hydrogen (secondary N) is 1. The normalized spacial score (nSPS) is 10.5. The van der Waals surface area contributed by atoms with Crippen LogP contribution in [0.4, 0.5) is 17.6 Å². The number of aryl methyl sites for hydroxylation is 2. The molecule has 1 heterocycles. The van der Waals surface area contributed by atoms with Gasteiger partial charge in [-0.3, -0.25) is 0 Å². The Kier molecular flexibility index (Phi) is 4.45. The van der Waals surface area contributed by atoms with Crippen molar-refractivity contribution in [3.8, 4) is 0 Å². The van der Waals surface area contributed by atoms with Crippen molar-refractivity contribution in [2.75, 3.05) is 24.3 Å². The Morgan fingerprint density at radius 3 is 2.25 bits per heavy atom. The Morgan fingerprint density at radius 2 is 1.70 bits per heavy atom. The molecule has 20 heavy (non-hydrogen) atoms. The second kappa shape index (κ2) is 5.93. The maximum absolute atomic E-state index is 5.93. The molecule has 7 heteroatoms. The van der Waals surface area contributed by atoms with Gasteiger partial charge in [-0.25, -0.2) is 0 Å².